The molecule has 1 N–H and O–H groups in total. The van der Waals surface area contributed by atoms with E-state index in [9.17, 15) is 9.90 Å². The standard InChI is InChI=1S/C13H21N3O2/c1-2-16-12(14-10-15-16)9-11(17)13(18)7-5-3-4-6-8-13/h10,18H,2-9H2,1H3. The molecule has 1 saturated carbocycles. The maximum absolute atomic E-state index is 12.3. The van der Waals surface area contributed by atoms with Crippen molar-refractivity contribution in [2.24, 2.45) is 0 Å². The minimum atomic E-state index is -1.14. The summed E-state index contributed by atoms with van der Waals surface area (Å²) in [7, 11) is 0. The van der Waals surface area contributed by atoms with Crippen LogP contribution in [0, 0.1) is 0 Å². The zero-order chi connectivity index (χ0) is 13.0. The minimum Gasteiger partial charge on any atom is -0.382 e. The maximum Gasteiger partial charge on any atom is 0.171 e. The van der Waals surface area contributed by atoms with Gasteiger partial charge in [0.1, 0.15) is 17.8 Å². The van der Waals surface area contributed by atoms with E-state index in [2.05, 4.69) is 10.1 Å². The molecule has 1 aliphatic rings. The topological polar surface area (TPSA) is 68.0 Å². The number of carbonyl (C=O) groups is 1. The van der Waals surface area contributed by atoms with Crippen molar-refractivity contribution in [3.8, 4) is 0 Å². The van der Waals surface area contributed by atoms with Gasteiger partial charge in [0.25, 0.3) is 0 Å². The maximum atomic E-state index is 12.3. The highest BCUT2D eigenvalue weighted by atomic mass is 16.3. The summed E-state index contributed by atoms with van der Waals surface area (Å²) in [6.07, 6.45) is 6.92. The Bertz CT molecular complexity index is 406. The summed E-state index contributed by atoms with van der Waals surface area (Å²) in [4.78, 5) is 16.4. The summed E-state index contributed by atoms with van der Waals surface area (Å²) < 4.78 is 1.71. The fourth-order valence-corrected chi connectivity index (χ4v) is 2.59. The van der Waals surface area contributed by atoms with Crippen molar-refractivity contribution in [1.29, 1.82) is 0 Å². The summed E-state index contributed by atoms with van der Waals surface area (Å²) >= 11 is 0. The summed E-state index contributed by atoms with van der Waals surface area (Å²) in [5, 5.41) is 14.5. The molecular formula is C13H21N3O2. The molecule has 0 radical (unpaired) electrons. The van der Waals surface area contributed by atoms with Crippen LogP contribution < -0.4 is 0 Å². The second-order valence-corrected chi connectivity index (χ2v) is 5.04. The Kier molecular flexibility index (Phi) is 4.11. The SMILES string of the molecule is CCn1ncnc1CC(=O)C1(O)CCCCCC1. The molecule has 1 heterocycles. The van der Waals surface area contributed by atoms with Gasteiger partial charge in [-0.2, -0.15) is 5.10 Å². The lowest BCUT2D eigenvalue weighted by atomic mass is 9.88. The summed E-state index contributed by atoms with van der Waals surface area (Å²) in [6, 6.07) is 0. The molecule has 0 atom stereocenters. The van der Waals surface area contributed by atoms with Crippen LogP contribution in [0.25, 0.3) is 0 Å². The molecular weight excluding hydrogens is 230 g/mol. The van der Waals surface area contributed by atoms with Crippen LogP contribution in [0.15, 0.2) is 6.33 Å². The van der Waals surface area contributed by atoms with Crippen molar-refractivity contribution in [2.75, 3.05) is 0 Å². The van der Waals surface area contributed by atoms with E-state index in [1.807, 2.05) is 6.92 Å². The number of aromatic nitrogens is 3. The molecule has 0 unspecified atom stereocenters. The van der Waals surface area contributed by atoms with Crippen LogP contribution in [-0.2, 0) is 17.8 Å². The summed E-state index contributed by atoms with van der Waals surface area (Å²) in [5.74, 6) is 0.548. The van der Waals surface area contributed by atoms with Crippen LogP contribution in [0.4, 0.5) is 0 Å². The van der Waals surface area contributed by atoms with E-state index >= 15 is 0 Å². The Balaban J connectivity index is 2.06. The second-order valence-electron chi connectivity index (χ2n) is 5.04. The molecule has 0 amide bonds. The van der Waals surface area contributed by atoms with Crippen LogP contribution in [0.5, 0.6) is 0 Å². The lowest BCUT2D eigenvalue weighted by Crippen LogP contribution is -2.39. The van der Waals surface area contributed by atoms with Gasteiger partial charge in [-0.1, -0.05) is 25.7 Å². The average molecular weight is 251 g/mol. The number of Topliss-reactive ketones (excluding diaryl/α,β-unsaturated/α-hetero) is 1. The van der Waals surface area contributed by atoms with E-state index < -0.39 is 5.60 Å². The number of hydrogen-bond acceptors (Lipinski definition) is 4. The fraction of sp³-hybridized carbons (Fsp3) is 0.769. The highest BCUT2D eigenvalue weighted by molar-refractivity contribution is 5.88. The highest BCUT2D eigenvalue weighted by Gasteiger charge is 2.36. The number of hydrogen-bond donors (Lipinski definition) is 1. The van der Waals surface area contributed by atoms with Crippen molar-refractivity contribution in [3.63, 3.8) is 0 Å². The number of carbonyl (C=O) groups excluding carboxylic acids is 1. The summed E-state index contributed by atoms with van der Waals surface area (Å²) in [5.41, 5.74) is -1.14. The van der Waals surface area contributed by atoms with E-state index in [4.69, 9.17) is 0 Å². The molecule has 5 nitrogen and oxygen atoms in total. The number of aryl methyl sites for hydroxylation is 1. The molecule has 0 aromatic carbocycles. The molecule has 5 heteroatoms. The van der Waals surface area contributed by atoms with E-state index in [1.165, 1.54) is 6.33 Å². The zero-order valence-corrected chi connectivity index (χ0v) is 10.9. The number of rotatable bonds is 4. The van der Waals surface area contributed by atoms with Gasteiger partial charge >= 0.3 is 0 Å². The molecule has 100 valence electrons. The van der Waals surface area contributed by atoms with Gasteiger partial charge < -0.3 is 5.11 Å². The van der Waals surface area contributed by atoms with Crippen molar-refractivity contribution in [3.05, 3.63) is 12.2 Å². The van der Waals surface area contributed by atoms with Crippen molar-refractivity contribution in [2.45, 2.75) is 64.0 Å². The quantitative estimate of drug-likeness (QED) is 0.823. The van der Waals surface area contributed by atoms with Gasteiger partial charge in [0.15, 0.2) is 5.78 Å². The van der Waals surface area contributed by atoms with Gasteiger partial charge in [-0.25, -0.2) is 9.67 Å². The largest absolute Gasteiger partial charge is 0.382 e. The van der Waals surface area contributed by atoms with Crippen LogP contribution >= 0.6 is 0 Å². The highest BCUT2D eigenvalue weighted by Crippen LogP contribution is 2.28. The van der Waals surface area contributed by atoms with Crippen molar-refractivity contribution < 1.29 is 9.90 Å². The monoisotopic (exact) mass is 251 g/mol. The Hall–Kier alpha value is -1.23. The third-order valence-corrected chi connectivity index (χ3v) is 3.76. The lowest BCUT2D eigenvalue weighted by molar-refractivity contribution is -0.138. The molecule has 1 aromatic rings. The molecule has 1 aliphatic carbocycles. The molecule has 1 aromatic heterocycles. The number of aliphatic hydroxyl groups is 1. The molecule has 0 saturated heterocycles. The Morgan fingerprint density at radius 3 is 2.67 bits per heavy atom. The fourth-order valence-electron chi connectivity index (χ4n) is 2.59. The minimum absolute atomic E-state index is 0.105. The van der Waals surface area contributed by atoms with Gasteiger partial charge in [0.2, 0.25) is 0 Å². The Morgan fingerprint density at radius 2 is 2.06 bits per heavy atom. The first-order valence-corrected chi connectivity index (χ1v) is 6.78. The van der Waals surface area contributed by atoms with Crippen LogP contribution in [0.2, 0.25) is 0 Å². The lowest BCUT2D eigenvalue weighted by Gasteiger charge is -2.24. The van der Waals surface area contributed by atoms with Gasteiger partial charge in [0.05, 0.1) is 6.42 Å². The molecule has 2 rings (SSSR count). The van der Waals surface area contributed by atoms with E-state index in [0.717, 1.165) is 25.7 Å². The van der Waals surface area contributed by atoms with Gasteiger partial charge in [-0.3, -0.25) is 4.79 Å². The number of nitrogens with zero attached hydrogens (tertiary/aromatic N) is 3. The van der Waals surface area contributed by atoms with Crippen molar-refractivity contribution >= 4 is 5.78 Å². The summed E-state index contributed by atoms with van der Waals surface area (Å²) in [6.45, 7) is 2.66. The predicted octanol–water partition coefficient (Wildman–Crippen LogP) is 1.49. The van der Waals surface area contributed by atoms with Crippen LogP contribution in [0.3, 0.4) is 0 Å². The first-order valence-electron chi connectivity index (χ1n) is 6.78. The second kappa shape index (κ2) is 5.61. The predicted molar refractivity (Wildman–Crippen MR) is 67.1 cm³/mol. The van der Waals surface area contributed by atoms with E-state index in [0.29, 0.717) is 25.2 Å². The molecule has 18 heavy (non-hydrogen) atoms. The first-order chi connectivity index (χ1) is 8.65. The molecule has 1 fully saturated rings. The average Bonchev–Trinajstić information content (AvgIpc) is 2.68. The van der Waals surface area contributed by atoms with Crippen LogP contribution in [0.1, 0.15) is 51.3 Å². The Labute approximate surface area is 107 Å². The van der Waals surface area contributed by atoms with E-state index in [-0.39, 0.29) is 12.2 Å². The normalized spacial score (nSPS) is 19.4. The van der Waals surface area contributed by atoms with Gasteiger partial charge in [0, 0.05) is 6.54 Å². The third kappa shape index (κ3) is 2.77. The molecule has 0 aliphatic heterocycles. The third-order valence-electron chi connectivity index (χ3n) is 3.76. The first kappa shape index (κ1) is 13.2. The molecule has 0 bridgehead atoms. The van der Waals surface area contributed by atoms with Crippen LogP contribution in [-0.4, -0.2) is 31.3 Å². The smallest absolute Gasteiger partial charge is 0.171 e. The number of ketones is 1. The Morgan fingerprint density at radius 1 is 1.39 bits per heavy atom. The van der Waals surface area contributed by atoms with Gasteiger partial charge in [-0.15, -0.1) is 0 Å². The van der Waals surface area contributed by atoms with Crippen molar-refractivity contribution in [1.82, 2.24) is 14.8 Å². The molecule has 0 spiro atoms. The van der Waals surface area contributed by atoms with E-state index in [1.54, 1.807) is 4.68 Å². The zero-order valence-electron chi connectivity index (χ0n) is 10.9. The van der Waals surface area contributed by atoms with Gasteiger partial charge in [-0.05, 0) is 19.8 Å².